The molecule has 5 amide bonds. The van der Waals surface area contributed by atoms with E-state index in [-0.39, 0.29) is 48.3 Å². The number of carboxylic acids is 1. The Kier molecular flexibility index (Phi) is 22.7. The zero-order valence-electron chi connectivity index (χ0n) is 41.5. The molecule has 0 radical (unpaired) electrons. The van der Waals surface area contributed by atoms with Crippen LogP contribution in [-0.2, 0) is 44.6 Å². The molecule has 16 heteroatoms. The van der Waals surface area contributed by atoms with E-state index in [1.54, 1.807) is 30.8 Å². The molecule has 1 aromatic carbocycles. The first kappa shape index (κ1) is 55.9. The Morgan fingerprint density at radius 1 is 0.875 bits per heavy atom. The van der Waals surface area contributed by atoms with Crippen molar-refractivity contribution in [3.05, 3.63) is 35.9 Å². The molecule has 0 aliphatic carbocycles. The fourth-order valence-electron chi connectivity index (χ4n) is 8.77. The zero-order valence-corrected chi connectivity index (χ0v) is 41.5. The molecule has 1 heterocycles. The summed E-state index contributed by atoms with van der Waals surface area (Å²) in [6.07, 6.45) is 0.810. The van der Waals surface area contributed by atoms with Gasteiger partial charge >= 0.3 is 12.1 Å². The third kappa shape index (κ3) is 16.3. The van der Waals surface area contributed by atoms with Crippen molar-refractivity contribution >= 4 is 35.7 Å². The number of hydrogen-bond acceptors (Lipinski definition) is 10. The van der Waals surface area contributed by atoms with Crippen molar-refractivity contribution in [2.45, 2.75) is 156 Å². The molecule has 1 aliphatic rings. The molecule has 1 saturated heterocycles. The Balaban J connectivity index is 2.24. The van der Waals surface area contributed by atoms with Gasteiger partial charge in [0.1, 0.15) is 17.7 Å². The van der Waals surface area contributed by atoms with E-state index in [9.17, 15) is 33.9 Å². The number of amides is 5. The fraction of sp³-hybridized carbons (Fsp3) is 0.750. The Hall–Kier alpha value is -4.28. The molecule has 364 valence electrons. The van der Waals surface area contributed by atoms with Gasteiger partial charge in [-0.1, -0.05) is 85.2 Å². The maximum atomic E-state index is 14.6. The first-order valence-corrected chi connectivity index (χ1v) is 23.0. The number of carbonyl (C=O) groups excluding carboxylic acids is 5. The third-order valence-electron chi connectivity index (χ3n) is 12.5. The molecule has 1 fully saturated rings. The van der Waals surface area contributed by atoms with Gasteiger partial charge in [-0.3, -0.25) is 24.1 Å². The highest BCUT2D eigenvalue weighted by Gasteiger charge is 2.43. The third-order valence-corrected chi connectivity index (χ3v) is 12.5. The fourth-order valence-corrected chi connectivity index (χ4v) is 8.77. The number of methoxy groups -OCH3 is 2. The molecule has 0 spiro atoms. The average molecular weight is 903 g/mol. The van der Waals surface area contributed by atoms with Crippen LogP contribution < -0.4 is 10.6 Å². The molecule has 0 bridgehead atoms. The summed E-state index contributed by atoms with van der Waals surface area (Å²) in [7, 11) is 8.27. The number of hydrogen-bond donors (Lipinski definition) is 3. The van der Waals surface area contributed by atoms with Crippen molar-refractivity contribution in [2.24, 2.45) is 23.7 Å². The zero-order chi connectivity index (χ0) is 48.6. The number of nitrogens with one attached hydrogen (secondary N) is 2. The Bertz CT molecular complexity index is 1650. The number of ether oxygens (including phenoxy) is 3. The highest BCUT2D eigenvalue weighted by Crippen LogP contribution is 2.30. The Morgan fingerprint density at radius 3 is 2.02 bits per heavy atom. The number of likely N-dealkylation sites (N-methyl/N-ethyl adjacent to an activating group) is 2. The lowest BCUT2D eigenvalue weighted by atomic mass is 9.89. The van der Waals surface area contributed by atoms with Crippen LogP contribution >= 0.6 is 0 Å². The van der Waals surface area contributed by atoms with Crippen molar-refractivity contribution in [3.8, 4) is 0 Å². The summed E-state index contributed by atoms with van der Waals surface area (Å²) >= 11 is 0. The monoisotopic (exact) mass is 903 g/mol. The van der Waals surface area contributed by atoms with E-state index in [2.05, 4.69) is 10.6 Å². The summed E-state index contributed by atoms with van der Waals surface area (Å²) in [5, 5.41) is 15.7. The van der Waals surface area contributed by atoms with E-state index >= 15 is 0 Å². The molecule has 0 aromatic heterocycles. The number of carboxylic acid groups (broad SMARTS) is 1. The SMILES string of the molecule is CC[C@H](C)[C@@H]([C@@H](CC(=O)N1CCC[C@H]1[C@H](OC)[C@@H](C)C(=O)N[C@H](Cc1ccccc1)C(=O)O)OC)N(C)C(=O)[C@@H](NC(=O)[C@H](C(C)C)N(C)CCCN(C)C(=O)OC(C)(C)C)C(C)C. The lowest BCUT2D eigenvalue weighted by Crippen LogP contribution is -2.60. The number of aliphatic carboxylic acids is 1. The van der Waals surface area contributed by atoms with Gasteiger partial charge in [-0.05, 0) is 70.4 Å². The van der Waals surface area contributed by atoms with Crippen LogP contribution in [0.1, 0.15) is 107 Å². The minimum Gasteiger partial charge on any atom is -0.480 e. The van der Waals surface area contributed by atoms with Gasteiger partial charge in [0.15, 0.2) is 0 Å². The second-order valence-electron chi connectivity index (χ2n) is 19.3. The second kappa shape index (κ2) is 26.0. The molecule has 1 aliphatic heterocycles. The van der Waals surface area contributed by atoms with Crippen LogP contribution in [0, 0.1) is 23.7 Å². The van der Waals surface area contributed by atoms with Crippen LogP contribution in [0.5, 0.6) is 0 Å². The largest absolute Gasteiger partial charge is 0.480 e. The van der Waals surface area contributed by atoms with E-state index in [1.807, 2.05) is 105 Å². The molecular formula is C48H82N6O10. The van der Waals surface area contributed by atoms with Gasteiger partial charge in [0.05, 0.1) is 42.7 Å². The number of carbonyl (C=O) groups is 6. The van der Waals surface area contributed by atoms with Crippen molar-refractivity contribution in [1.82, 2.24) is 30.2 Å². The summed E-state index contributed by atoms with van der Waals surface area (Å²) in [4.78, 5) is 88.0. The summed E-state index contributed by atoms with van der Waals surface area (Å²) in [5.74, 6) is -3.63. The molecule has 64 heavy (non-hydrogen) atoms. The van der Waals surface area contributed by atoms with Crippen molar-refractivity contribution < 1.29 is 48.1 Å². The van der Waals surface area contributed by atoms with E-state index in [4.69, 9.17) is 14.2 Å². The van der Waals surface area contributed by atoms with Gasteiger partial charge in [-0.2, -0.15) is 0 Å². The topological polar surface area (TPSA) is 187 Å². The lowest BCUT2D eigenvalue weighted by Gasteiger charge is -2.41. The molecule has 1 aromatic rings. The van der Waals surface area contributed by atoms with Crippen molar-refractivity contribution in [2.75, 3.05) is 55.0 Å². The lowest BCUT2D eigenvalue weighted by molar-refractivity contribution is -0.148. The molecule has 0 saturated carbocycles. The van der Waals surface area contributed by atoms with Crippen molar-refractivity contribution in [1.29, 1.82) is 0 Å². The number of nitrogens with zero attached hydrogens (tertiary/aromatic N) is 4. The van der Waals surface area contributed by atoms with Crippen LogP contribution in [0.3, 0.4) is 0 Å². The molecule has 9 atom stereocenters. The molecule has 0 unspecified atom stereocenters. The van der Waals surface area contributed by atoms with E-state index < -0.39 is 71.9 Å². The average Bonchev–Trinajstić information content (AvgIpc) is 3.71. The Labute approximate surface area is 383 Å². The maximum Gasteiger partial charge on any atom is 0.410 e. The Morgan fingerprint density at radius 2 is 1.50 bits per heavy atom. The number of benzene rings is 1. The highest BCUT2D eigenvalue weighted by atomic mass is 16.6. The predicted molar refractivity (Wildman–Crippen MR) is 247 cm³/mol. The summed E-state index contributed by atoms with van der Waals surface area (Å²) in [6, 6.07) is 5.54. The highest BCUT2D eigenvalue weighted by molar-refractivity contribution is 5.90. The van der Waals surface area contributed by atoms with Crippen LogP contribution in [0.4, 0.5) is 4.79 Å². The first-order valence-electron chi connectivity index (χ1n) is 23.0. The van der Waals surface area contributed by atoms with Gasteiger partial charge in [0, 0.05) is 54.4 Å². The molecular weight excluding hydrogens is 821 g/mol. The van der Waals surface area contributed by atoms with Gasteiger partial charge < -0.3 is 44.7 Å². The summed E-state index contributed by atoms with van der Waals surface area (Å²) in [5.41, 5.74) is 0.170. The normalized spacial score (nSPS) is 18.1. The van der Waals surface area contributed by atoms with Crippen LogP contribution in [0.2, 0.25) is 0 Å². The van der Waals surface area contributed by atoms with E-state index in [1.165, 1.54) is 19.1 Å². The van der Waals surface area contributed by atoms with Crippen LogP contribution in [0.15, 0.2) is 30.3 Å². The van der Waals surface area contributed by atoms with Crippen LogP contribution in [-0.4, -0.2) is 163 Å². The maximum absolute atomic E-state index is 14.6. The summed E-state index contributed by atoms with van der Waals surface area (Å²) in [6.45, 7) is 20.3. The molecule has 16 nitrogen and oxygen atoms in total. The van der Waals surface area contributed by atoms with Gasteiger partial charge in [-0.15, -0.1) is 0 Å². The van der Waals surface area contributed by atoms with Crippen LogP contribution in [0.25, 0.3) is 0 Å². The minimum atomic E-state index is -1.15. The smallest absolute Gasteiger partial charge is 0.410 e. The standard InChI is InChI=1S/C48H82N6O10/c1-16-32(6)41(53(13)45(58)39(30(2)3)50-44(57)40(31(4)5)51(11)25-21-26-52(12)47(61)64-48(8,9)10)37(62-14)29-38(55)54-27-20-24-36(54)42(63-15)33(7)43(56)49-35(46(59)60)28-34-22-18-17-19-23-34/h17-19,22-23,30-33,35-37,39-42H,16,20-21,24-29H2,1-15H3,(H,49,56)(H,50,57)(H,59,60)/t32-,33+,35+,36-,37+,39-,40-,41-,42+/m0/s1. The number of rotatable bonds is 25. The number of likely N-dealkylation sites (tertiary alicyclic amines) is 1. The molecule has 2 rings (SSSR count). The molecule has 3 N–H and O–H groups in total. The predicted octanol–water partition coefficient (Wildman–Crippen LogP) is 5.07. The van der Waals surface area contributed by atoms with Gasteiger partial charge in [0.25, 0.3) is 0 Å². The van der Waals surface area contributed by atoms with Crippen molar-refractivity contribution in [3.63, 3.8) is 0 Å². The minimum absolute atomic E-state index is 0.0448. The van der Waals surface area contributed by atoms with E-state index in [0.29, 0.717) is 45.3 Å². The summed E-state index contributed by atoms with van der Waals surface area (Å²) < 4.78 is 17.4. The van der Waals surface area contributed by atoms with Gasteiger partial charge in [0.2, 0.25) is 23.6 Å². The second-order valence-corrected chi connectivity index (χ2v) is 19.3. The van der Waals surface area contributed by atoms with E-state index in [0.717, 1.165) is 5.56 Å². The van der Waals surface area contributed by atoms with Gasteiger partial charge in [-0.25, -0.2) is 9.59 Å². The first-order chi connectivity index (χ1) is 29.9. The quantitative estimate of drug-likeness (QED) is 0.119.